The minimum atomic E-state index is -4.39. The summed E-state index contributed by atoms with van der Waals surface area (Å²) in [5.74, 6) is 0.723. The average molecular weight is 361 g/mol. The van der Waals surface area contributed by atoms with Gasteiger partial charge in [-0.15, -0.1) is 0 Å². The number of benzene rings is 2. The zero-order valence-electron chi connectivity index (χ0n) is 13.7. The van der Waals surface area contributed by atoms with Crippen molar-refractivity contribution in [1.82, 2.24) is 4.98 Å². The number of ether oxygens (including phenoxy) is 1. The average Bonchev–Trinajstić information content (AvgIpc) is 3.08. The van der Waals surface area contributed by atoms with Gasteiger partial charge in [-0.2, -0.15) is 13.2 Å². The number of aromatic nitrogens is 1. The molecule has 0 amide bonds. The molecule has 0 N–H and O–H groups in total. The van der Waals surface area contributed by atoms with Gasteiger partial charge >= 0.3 is 6.18 Å². The summed E-state index contributed by atoms with van der Waals surface area (Å²) in [5.41, 5.74) is 1.57. The molecule has 0 aliphatic carbocycles. The van der Waals surface area contributed by atoms with E-state index in [-0.39, 0.29) is 12.5 Å². The van der Waals surface area contributed by atoms with Crippen LogP contribution in [-0.2, 0) is 12.8 Å². The lowest BCUT2D eigenvalue weighted by atomic mass is 10.1. The highest BCUT2D eigenvalue weighted by molar-refractivity contribution is 5.76. The van der Waals surface area contributed by atoms with Crippen LogP contribution in [0.5, 0.6) is 5.75 Å². The largest absolute Gasteiger partial charge is 0.487 e. The van der Waals surface area contributed by atoms with E-state index in [1.807, 2.05) is 6.92 Å². The van der Waals surface area contributed by atoms with Gasteiger partial charge in [-0.1, -0.05) is 0 Å². The van der Waals surface area contributed by atoms with E-state index in [0.29, 0.717) is 22.6 Å². The summed E-state index contributed by atoms with van der Waals surface area (Å²) in [7, 11) is 0. The highest BCUT2D eigenvalue weighted by Gasteiger charge is 2.30. The van der Waals surface area contributed by atoms with Crippen LogP contribution in [0, 0.1) is 6.92 Å². The number of alkyl halides is 3. The Morgan fingerprint density at radius 2 is 1.88 bits per heavy atom. The number of oxazole rings is 1. The van der Waals surface area contributed by atoms with E-state index >= 15 is 0 Å². The Hall–Kier alpha value is -3.09. The zero-order valence-corrected chi connectivity index (χ0v) is 13.7. The summed E-state index contributed by atoms with van der Waals surface area (Å²) in [4.78, 5) is 15.1. The van der Waals surface area contributed by atoms with Crippen LogP contribution in [0.1, 0.15) is 27.2 Å². The number of nitrogens with zero attached hydrogens (tertiary/aromatic N) is 1. The molecule has 0 radical (unpaired) electrons. The molecule has 3 rings (SSSR count). The molecule has 7 heteroatoms. The molecular weight excluding hydrogens is 347 g/mol. The van der Waals surface area contributed by atoms with Gasteiger partial charge in [0.15, 0.2) is 0 Å². The first-order valence-corrected chi connectivity index (χ1v) is 7.67. The van der Waals surface area contributed by atoms with Gasteiger partial charge in [-0.3, -0.25) is 4.79 Å². The number of aryl methyl sites for hydroxylation is 1. The molecule has 0 spiro atoms. The van der Waals surface area contributed by atoms with E-state index in [1.165, 1.54) is 18.4 Å². The van der Waals surface area contributed by atoms with Crippen LogP contribution in [0.15, 0.2) is 53.1 Å². The van der Waals surface area contributed by atoms with Gasteiger partial charge in [-0.25, -0.2) is 4.98 Å². The van der Waals surface area contributed by atoms with Crippen molar-refractivity contribution in [1.29, 1.82) is 0 Å². The van der Waals surface area contributed by atoms with E-state index in [9.17, 15) is 18.0 Å². The molecule has 1 aromatic heterocycles. The molecule has 0 aliphatic rings. The van der Waals surface area contributed by atoms with E-state index in [1.54, 1.807) is 18.2 Å². The SMILES string of the molecule is Cc1cc(C=O)cc(OCc2coc(-c3ccc(C(F)(F)F)cc3)n2)c1. The van der Waals surface area contributed by atoms with Gasteiger partial charge in [0, 0.05) is 11.1 Å². The normalized spacial score (nSPS) is 11.4. The number of hydrogen-bond acceptors (Lipinski definition) is 4. The fraction of sp³-hybridized carbons (Fsp3) is 0.158. The van der Waals surface area contributed by atoms with Crippen LogP contribution < -0.4 is 4.74 Å². The zero-order chi connectivity index (χ0) is 18.7. The predicted molar refractivity (Wildman–Crippen MR) is 87.8 cm³/mol. The molecule has 0 fully saturated rings. The van der Waals surface area contributed by atoms with E-state index in [2.05, 4.69) is 4.98 Å². The molecule has 3 aromatic rings. The standard InChI is InChI=1S/C19H14F3NO3/c1-12-6-13(9-24)8-17(7-12)25-10-16-11-26-18(23-16)14-2-4-15(5-3-14)19(20,21)22/h2-9,11H,10H2,1H3. The van der Waals surface area contributed by atoms with Crippen molar-refractivity contribution < 1.29 is 27.1 Å². The molecule has 0 bridgehead atoms. The third-order valence-electron chi connectivity index (χ3n) is 3.61. The predicted octanol–water partition coefficient (Wildman–Crippen LogP) is 5.06. The Bertz CT molecular complexity index is 915. The second-order valence-electron chi connectivity index (χ2n) is 5.71. The van der Waals surface area contributed by atoms with Gasteiger partial charge in [0.2, 0.25) is 5.89 Å². The Labute approximate surface area is 147 Å². The van der Waals surface area contributed by atoms with Crippen LogP contribution in [0.3, 0.4) is 0 Å². The lowest BCUT2D eigenvalue weighted by Gasteiger charge is -2.06. The van der Waals surface area contributed by atoms with Gasteiger partial charge in [0.25, 0.3) is 0 Å². The Balaban J connectivity index is 1.70. The van der Waals surface area contributed by atoms with Crippen molar-refractivity contribution in [3.05, 3.63) is 71.1 Å². The van der Waals surface area contributed by atoms with Gasteiger partial charge in [0.1, 0.15) is 30.6 Å². The van der Waals surface area contributed by atoms with Crippen molar-refractivity contribution >= 4 is 6.29 Å². The van der Waals surface area contributed by atoms with Gasteiger partial charge in [-0.05, 0) is 55.0 Å². The maximum atomic E-state index is 12.6. The first-order valence-electron chi connectivity index (χ1n) is 7.67. The van der Waals surface area contributed by atoms with Crippen LogP contribution >= 0.6 is 0 Å². The first kappa shape index (κ1) is 17.7. The van der Waals surface area contributed by atoms with Crippen LogP contribution in [0.2, 0.25) is 0 Å². The van der Waals surface area contributed by atoms with Crippen LogP contribution in [-0.4, -0.2) is 11.3 Å². The Morgan fingerprint density at radius 1 is 1.15 bits per heavy atom. The molecule has 26 heavy (non-hydrogen) atoms. The molecule has 134 valence electrons. The lowest BCUT2D eigenvalue weighted by molar-refractivity contribution is -0.137. The molecule has 0 aliphatic heterocycles. The van der Waals surface area contributed by atoms with Crippen molar-refractivity contribution in [2.75, 3.05) is 0 Å². The second kappa shape index (κ2) is 7.03. The van der Waals surface area contributed by atoms with Gasteiger partial charge < -0.3 is 9.15 Å². The van der Waals surface area contributed by atoms with E-state index < -0.39 is 11.7 Å². The Kier molecular flexibility index (Phi) is 4.79. The maximum absolute atomic E-state index is 12.6. The molecule has 0 atom stereocenters. The minimum absolute atomic E-state index is 0.103. The number of carbonyl (C=O) groups excluding carboxylic acids is 1. The van der Waals surface area contributed by atoms with E-state index in [4.69, 9.17) is 9.15 Å². The van der Waals surface area contributed by atoms with Crippen molar-refractivity contribution in [2.45, 2.75) is 19.7 Å². The number of hydrogen-bond donors (Lipinski definition) is 0. The molecule has 0 saturated heterocycles. The van der Waals surface area contributed by atoms with Crippen LogP contribution in [0.4, 0.5) is 13.2 Å². The quantitative estimate of drug-likeness (QED) is 0.596. The van der Waals surface area contributed by atoms with Gasteiger partial charge in [0.05, 0.1) is 5.56 Å². The monoisotopic (exact) mass is 361 g/mol. The molecule has 0 unspecified atom stereocenters. The summed E-state index contributed by atoms with van der Waals surface area (Å²) < 4.78 is 48.7. The highest BCUT2D eigenvalue weighted by atomic mass is 19.4. The molecule has 2 aromatic carbocycles. The van der Waals surface area contributed by atoms with Crippen LogP contribution in [0.25, 0.3) is 11.5 Å². The summed E-state index contributed by atoms with van der Waals surface area (Å²) in [5, 5.41) is 0. The van der Waals surface area contributed by atoms with Crippen molar-refractivity contribution in [3.63, 3.8) is 0 Å². The third kappa shape index (κ3) is 4.11. The molecule has 4 nitrogen and oxygen atoms in total. The summed E-state index contributed by atoms with van der Waals surface area (Å²) >= 11 is 0. The second-order valence-corrected chi connectivity index (χ2v) is 5.71. The molecule has 1 heterocycles. The topological polar surface area (TPSA) is 52.3 Å². The fourth-order valence-electron chi connectivity index (χ4n) is 2.39. The summed E-state index contributed by atoms with van der Waals surface area (Å²) in [6.07, 6.45) is -2.27. The fourth-order valence-corrected chi connectivity index (χ4v) is 2.39. The van der Waals surface area contributed by atoms with Crippen molar-refractivity contribution in [3.8, 4) is 17.2 Å². The highest BCUT2D eigenvalue weighted by Crippen LogP contribution is 2.30. The number of rotatable bonds is 5. The minimum Gasteiger partial charge on any atom is -0.487 e. The summed E-state index contributed by atoms with van der Waals surface area (Å²) in [6, 6.07) is 9.68. The third-order valence-corrected chi connectivity index (χ3v) is 3.61. The number of carbonyl (C=O) groups is 1. The Morgan fingerprint density at radius 3 is 2.54 bits per heavy atom. The number of aldehydes is 1. The molecular formula is C19H14F3NO3. The number of halogens is 3. The van der Waals surface area contributed by atoms with Crippen molar-refractivity contribution in [2.24, 2.45) is 0 Å². The first-order chi connectivity index (χ1) is 12.3. The lowest BCUT2D eigenvalue weighted by Crippen LogP contribution is -2.04. The smallest absolute Gasteiger partial charge is 0.416 e. The summed E-state index contributed by atoms with van der Waals surface area (Å²) in [6.45, 7) is 1.95. The maximum Gasteiger partial charge on any atom is 0.416 e. The molecule has 0 saturated carbocycles. The van der Waals surface area contributed by atoms with E-state index in [0.717, 1.165) is 24.0 Å².